The second-order valence-corrected chi connectivity index (χ2v) is 11.0. The van der Waals surface area contributed by atoms with E-state index >= 15 is 0 Å². The van der Waals surface area contributed by atoms with Crippen LogP contribution in [-0.4, -0.2) is 45.2 Å². The molecule has 4 N–H and O–H groups in total. The number of carbonyl (C=O) groups excluding carboxylic acids is 1. The summed E-state index contributed by atoms with van der Waals surface area (Å²) >= 11 is 0. The van der Waals surface area contributed by atoms with Gasteiger partial charge in [0.1, 0.15) is 0 Å². The highest BCUT2D eigenvalue weighted by Gasteiger charge is 2.17. The highest BCUT2D eigenvalue weighted by Crippen LogP contribution is 2.28. The zero-order valence-electron chi connectivity index (χ0n) is 25.0. The molecule has 0 aliphatic rings. The van der Waals surface area contributed by atoms with Gasteiger partial charge in [-0.1, -0.05) is 108 Å². The Labute approximate surface area is 239 Å². The lowest BCUT2D eigenvalue weighted by atomic mass is 10.0. The SMILES string of the molecule is CCCCCCCCCCCCCC(=O)N(CCCNCCCCNCCCN)c1cccc2ccccc12. The summed E-state index contributed by atoms with van der Waals surface area (Å²) in [5.41, 5.74) is 6.59. The minimum absolute atomic E-state index is 0.269. The van der Waals surface area contributed by atoms with Crippen LogP contribution in [0.2, 0.25) is 0 Å². The van der Waals surface area contributed by atoms with E-state index in [1.807, 2.05) is 0 Å². The number of nitrogens with one attached hydrogen (secondary N) is 2. The minimum Gasteiger partial charge on any atom is -0.330 e. The molecule has 2 aromatic rings. The number of anilines is 1. The quantitative estimate of drug-likeness (QED) is 0.114. The fourth-order valence-corrected chi connectivity index (χ4v) is 5.24. The van der Waals surface area contributed by atoms with Gasteiger partial charge in [0.05, 0.1) is 5.69 Å². The number of amides is 1. The van der Waals surface area contributed by atoms with Gasteiger partial charge in [-0.3, -0.25) is 4.79 Å². The summed E-state index contributed by atoms with van der Waals surface area (Å²) in [4.78, 5) is 15.5. The van der Waals surface area contributed by atoms with Crippen molar-refractivity contribution in [2.45, 2.75) is 110 Å². The zero-order valence-corrected chi connectivity index (χ0v) is 25.0. The van der Waals surface area contributed by atoms with Gasteiger partial charge in [0.15, 0.2) is 0 Å². The smallest absolute Gasteiger partial charge is 0.226 e. The third-order valence-corrected chi connectivity index (χ3v) is 7.60. The van der Waals surface area contributed by atoms with Crippen LogP contribution < -0.4 is 21.3 Å². The summed E-state index contributed by atoms with van der Waals surface area (Å²) in [7, 11) is 0. The molecular weight excluding hydrogens is 480 g/mol. The molecule has 2 rings (SSSR count). The molecule has 1 amide bonds. The molecule has 0 aliphatic heterocycles. The van der Waals surface area contributed by atoms with Gasteiger partial charge in [-0.2, -0.15) is 0 Å². The van der Waals surface area contributed by atoms with Gasteiger partial charge < -0.3 is 21.3 Å². The molecule has 5 heteroatoms. The van der Waals surface area contributed by atoms with Crippen LogP contribution in [0.1, 0.15) is 110 Å². The number of hydrogen-bond donors (Lipinski definition) is 3. The van der Waals surface area contributed by atoms with E-state index in [9.17, 15) is 4.79 Å². The van der Waals surface area contributed by atoms with Gasteiger partial charge in [-0.05, 0) is 76.3 Å². The first kappa shape index (κ1) is 33.3. The van der Waals surface area contributed by atoms with Crippen molar-refractivity contribution >= 4 is 22.4 Å². The largest absolute Gasteiger partial charge is 0.330 e. The van der Waals surface area contributed by atoms with Gasteiger partial charge in [-0.15, -0.1) is 0 Å². The third-order valence-electron chi connectivity index (χ3n) is 7.60. The van der Waals surface area contributed by atoms with E-state index in [-0.39, 0.29) is 5.91 Å². The molecule has 0 saturated carbocycles. The average molecular weight is 539 g/mol. The van der Waals surface area contributed by atoms with E-state index in [1.165, 1.54) is 81.4 Å². The van der Waals surface area contributed by atoms with Crippen LogP contribution in [0.3, 0.4) is 0 Å². The Kier molecular flexibility index (Phi) is 19.5. The zero-order chi connectivity index (χ0) is 27.8. The standard InChI is InChI=1S/C34H58N4O/c1-2-3-4-5-6-7-8-9-10-11-12-24-34(39)38(33-23-17-21-31-20-13-14-22-32(31)33)30-19-29-37-27-16-15-26-36-28-18-25-35/h13-14,17,20-23,36-37H,2-12,15-16,18-19,24-30,35H2,1H3. The molecule has 0 unspecified atom stereocenters. The fraction of sp³-hybridized carbons (Fsp3) is 0.676. The topological polar surface area (TPSA) is 70.4 Å². The molecule has 2 aromatic carbocycles. The molecule has 39 heavy (non-hydrogen) atoms. The van der Waals surface area contributed by atoms with Crippen molar-refractivity contribution in [3.63, 3.8) is 0 Å². The summed E-state index contributed by atoms with van der Waals surface area (Å²) in [6.45, 7) is 7.83. The maximum atomic E-state index is 13.5. The maximum Gasteiger partial charge on any atom is 0.226 e. The molecule has 0 heterocycles. The van der Waals surface area contributed by atoms with Gasteiger partial charge in [-0.25, -0.2) is 0 Å². The summed E-state index contributed by atoms with van der Waals surface area (Å²) in [5.74, 6) is 0.269. The van der Waals surface area contributed by atoms with E-state index in [4.69, 9.17) is 5.73 Å². The predicted octanol–water partition coefficient (Wildman–Crippen LogP) is 7.57. The second kappa shape index (κ2) is 22.8. The number of rotatable bonds is 25. The third kappa shape index (κ3) is 14.9. The van der Waals surface area contributed by atoms with Gasteiger partial charge in [0, 0.05) is 18.4 Å². The van der Waals surface area contributed by atoms with Crippen molar-refractivity contribution in [1.82, 2.24) is 10.6 Å². The normalized spacial score (nSPS) is 11.3. The molecule has 0 aromatic heterocycles. The van der Waals surface area contributed by atoms with Crippen LogP contribution in [0.5, 0.6) is 0 Å². The number of carbonyl (C=O) groups is 1. The lowest BCUT2D eigenvalue weighted by Gasteiger charge is -2.25. The summed E-state index contributed by atoms with van der Waals surface area (Å²) in [6.07, 6.45) is 19.3. The summed E-state index contributed by atoms with van der Waals surface area (Å²) in [5, 5.41) is 9.38. The number of fused-ring (bicyclic) bond motifs is 1. The summed E-state index contributed by atoms with van der Waals surface area (Å²) < 4.78 is 0. The van der Waals surface area contributed by atoms with Crippen LogP contribution in [0.4, 0.5) is 5.69 Å². The van der Waals surface area contributed by atoms with Crippen LogP contribution >= 0.6 is 0 Å². The van der Waals surface area contributed by atoms with Crippen LogP contribution in [0, 0.1) is 0 Å². The molecule has 0 saturated heterocycles. The first-order valence-electron chi connectivity index (χ1n) is 16.2. The monoisotopic (exact) mass is 538 g/mol. The number of nitrogens with two attached hydrogens (primary N) is 1. The highest BCUT2D eigenvalue weighted by atomic mass is 16.2. The fourth-order valence-electron chi connectivity index (χ4n) is 5.24. The maximum absolute atomic E-state index is 13.5. The van der Waals surface area contributed by atoms with Crippen molar-refractivity contribution in [2.75, 3.05) is 44.2 Å². The molecule has 220 valence electrons. The molecule has 5 nitrogen and oxygen atoms in total. The van der Waals surface area contributed by atoms with Gasteiger partial charge in [0.2, 0.25) is 5.91 Å². The Morgan fingerprint density at radius 2 is 1.23 bits per heavy atom. The van der Waals surface area contributed by atoms with Crippen LogP contribution in [0.25, 0.3) is 10.8 Å². The van der Waals surface area contributed by atoms with E-state index in [2.05, 4.69) is 64.9 Å². The lowest BCUT2D eigenvalue weighted by molar-refractivity contribution is -0.118. The average Bonchev–Trinajstić information content (AvgIpc) is 2.96. The molecule has 0 radical (unpaired) electrons. The van der Waals surface area contributed by atoms with Gasteiger partial charge in [0.25, 0.3) is 0 Å². The van der Waals surface area contributed by atoms with E-state index < -0.39 is 0 Å². The number of hydrogen-bond acceptors (Lipinski definition) is 4. The minimum atomic E-state index is 0.269. The first-order valence-corrected chi connectivity index (χ1v) is 16.2. The van der Waals surface area contributed by atoms with E-state index in [1.54, 1.807) is 0 Å². The first-order chi connectivity index (χ1) is 19.3. The highest BCUT2D eigenvalue weighted by molar-refractivity contribution is 6.03. The van der Waals surface area contributed by atoms with Crippen LogP contribution in [0.15, 0.2) is 42.5 Å². The Morgan fingerprint density at radius 1 is 0.667 bits per heavy atom. The number of unbranched alkanes of at least 4 members (excludes halogenated alkanes) is 11. The molecule has 0 fully saturated rings. The van der Waals surface area contributed by atoms with Crippen molar-refractivity contribution < 1.29 is 4.79 Å². The van der Waals surface area contributed by atoms with Crippen molar-refractivity contribution in [3.8, 4) is 0 Å². The Hall–Kier alpha value is -1.95. The van der Waals surface area contributed by atoms with Crippen molar-refractivity contribution in [2.24, 2.45) is 5.73 Å². The molecule has 0 atom stereocenters. The van der Waals surface area contributed by atoms with Crippen LogP contribution in [-0.2, 0) is 4.79 Å². The molecule has 0 aliphatic carbocycles. The predicted molar refractivity (Wildman–Crippen MR) is 171 cm³/mol. The molecule has 0 bridgehead atoms. The Morgan fingerprint density at radius 3 is 1.90 bits per heavy atom. The number of nitrogens with zero attached hydrogens (tertiary/aromatic N) is 1. The number of benzene rings is 2. The molecular formula is C34H58N4O. The van der Waals surface area contributed by atoms with E-state index in [0.29, 0.717) is 6.42 Å². The second-order valence-electron chi connectivity index (χ2n) is 11.0. The lowest BCUT2D eigenvalue weighted by Crippen LogP contribution is -2.33. The summed E-state index contributed by atoms with van der Waals surface area (Å²) in [6, 6.07) is 14.8. The Balaban J connectivity index is 1.73. The molecule has 0 spiro atoms. The van der Waals surface area contributed by atoms with Crippen molar-refractivity contribution in [3.05, 3.63) is 42.5 Å². The van der Waals surface area contributed by atoms with Gasteiger partial charge >= 0.3 is 0 Å². The van der Waals surface area contributed by atoms with E-state index in [0.717, 1.165) is 70.6 Å². The van der Waals surface area contributed by atoms with Crippen molar-refractivity contribution in [1.29, 1.82) is 0 Å². The Bertz CT molecular complexity index is 866.